The van der Waals surface area contributed by atoms with Gasteiger partial charge in [0, 0.05) is 6.20 Å². The first-order valence-electron chi connectivity index (χ1n) is 5.82. The summed E-state index contributed by atoms with van der Waals surface area (Å²) in [5, 5.41) is 8.77. The number of nitrogens with zero attached hydrogens (tertiary/aromatic N) is 2. The average molecular weight is 244 g/mol. The molecule has 3 rings (SSSR count). The van der Waals surface area contributed by atoms with Crippen LogP contribution in [0.25, 0.3) is 0 Å². The highest BCUT2D eigenvalue weighted by Gasteiger charge is 2.40. The van der Waals surface area contributed by atoms with E-state index in [4.69, 9.17) is 5.11 Å². The van der Waals surface area contributed by atoms with Crippen LogP contribution in [-0.4, -0.2) is 32.9 Å². The third-order valence-electron chi connectivity index (χ3n) is 3.47. The van der Waals surface area contributed by atoms with Crippen LogP contribution in [0.15, 0.2) is 30.5 Å². The summed E-state index contributed by atoms with van der Waals surface area (Å²) in [6.07, 6.45) is 6.21. The molecule has 1 fully saturated rings. The number of fused-ring (bicyclic) bond motifs is 2. The predicted octanol–water partition coefficient (Wildman–Crippen LogP) is 1.07. The van der Waals surface area contributed by atoms with Gasteiger partial charge in [-0.3, -0.25) is 9.78 Å². The number of carbonyl (C=O) groups is 2. The quantitative estimate of drug-likeness (QED) is 0.807. The molecular formula is C13H12N2O3. The fraction of sp³-hybridized carbons (Fsp3) is 0.308. The van der Waals surface area contributed by atoms with Crippen molar-refractivity contribution in [1.29, 1.82) is 0 Å². The minimum Gasteiger partial charge on any atom is -0.478 e. The van der Waals surface area contributed by atoms with Crippen LogP contribution in [-0.2, 0) is 11.3 Å². The van der Waals surface area contributed by atoms with Crippen LogP contribution in [0.3, 0.4) is 0 Å². The summed E-state index contributed by atoms with van der Waals surface area (Å²) in [4.78, 5) is 28.5. The van der Waals surface area contributed by atoms with Crippen molar-refractivity contribution in [2.24, 2.45) is 5.92 Å². The van der Waals surface area contributed by atoms with Crippen LogP contribution in [0.4, 0.5) is 0 Å². The Morgan fingerprint density at radius 1 is 1.44 bits per heavy atom. The van der Waals surface area contributed by atoms with Crippen molar-refractivity contribution in [3.63, 3.8) is 0 Å². The number of hydrogen-bond acceptors (Lipinski definition) is 3. The number of likely N-dealkylation sites (tertiary alicyclic amines) is 1. The highest BCUT2D eigenvalue weighted by molar-refractivity contribution is 5.87. The van der Waals surface area contributed by atoms with E-state index in [1.165, 1.54) is 12.3 Å². The third-order valence-corrected chi connectivity index (χ3v) is 3.47. The summed E-state index contributed by atoms with van der Waals surface area (Å²) in [6, 6.07) is 3.36. The molecule has 5 nitrogen and oxygen atoms in total. The predicted molar refractivity (Wildman–Crippen MR) is 62.8 cm³/mol. The van der Waals surface area contributed by atoms with E-state index in [0.29, 0.717) is 12.2 Å². The van der Waals surface area contributed by atoms with Crippen LogP contribution < -0.4 is 0 Å². The van der Waals surface area contributed by atoms with Gasteiger partial charge in [0.1, 0.15) is 0 Å². The number of rotatable bonds is 3. The molecule has 0 radical (unpaired) electrons. The Labute approximate surface area is 104 Å². The molecule has 1 aromatic rings. The largest absolute Gasteiger partial charge is 0.478 e. The van der Waals surface area contributed by atoms with Crippen LogP contribution in [0, 0.1) is 5.92 Å². The van der Waals surface area contributed by atoms with Crippen molar-refractivity contribution < 1.29 is 14.7 Å². The maximum Gasteiger partial charge on any atom is 0.337 e. The second-order valence-corrected chi connectivity index (χ2v) is 4.60. The molecule has 5 heteroatoms. The number of aromatic carboxylic acids is 1. The number of carboxylic acids is 1. The van der Waals surface area contributed by atoms with Crippen LogP contribution in [0.5, 0.6) is 0 Å². The number of pyridine rings is 1. The number of aromatic nitrogens is 1. The van der Waals surface area contributed by atoms with E-state index in [2.05, 4.69) is 11.1 Å². The molecule has 1 saturated heterocycles. The van der Waals surface area contributed by atoms with E-state index in [9.17, 15) is 9.59 Å². The van der Waals surface area contributed by atoms with Gasteiger partial charge in [0.2, 0.25) is 5.91 Å². The normalized spacial score (nSPS) is 24.9. The molecule has 2 bridgehead atoms. The Morgan fingerprint density at radius 2 is 2.28 bits per heavy atom. The van der Waals surface area contributed by atoms with Gasteiger partial charge >= 0.3 is 5.97 Å². The zero-order chi connectivity index (χ0) is 12.7. The Balaban J connectivity index is 1.75. The summed E-state index contributed by atoms with van der Waals surface area (Å²) in [5.41, 5.74) is 0.877. The van der Waals surface area contributed by atoms with Crippen molar-refractivity contribution in [1.82, 2.24) is 9.88 Å². The van der Waals surface area contributed by atoms with Crippen LogP contribution in [0.1, 0.15) is 22.5 Å². The van der Waals surface area contributed by atoms with Gasteiger partial charge in [-0.15, -0.1) is 0 Å². The first-order valence-corrected chi connectivity index (χ1v) is 5.82. The molecular weight excluding hydrogens is 232 g/mol. The van der Waals surface area contributed by atoms with Crippen molar-refractivity contribution in [2.45, 2.75) is 19.0 Å². The Bertz CT molecular complexity index is 536. The van der Waals surface area contributed by atoms with Gasteiger partial charge in [-0.05, 0) is 18.6 Å². The second-order valence-electron chi connectivity index (χ2n) is 4.60. The summed E-state index contributed by atoms with van der Waals surface area (Å²) < 4.78 is 0. The molecule has 1 amide bonds. The molecule has 18 heavy (non-hydrogen) atoms. The molecule has 0 spiro atoms. The van der Waals surface area contributed by atoms with Crippen molar-refractivity contribution in [3.8, 4) is 0 Å². The lowest BCUT2D eigenvalue weighted by Crippen LogP contribution is -2.34. The zero-order valence-corrected chi connectivity index (χ0v) is 9.61. The van der Waals surface area contributed by atoms with Gasteiger partial charge in [0.05, 0.1) is 29.8 Å². The number of carboxylic acid groups (broad SMARTS) is 1. The standard InChI is InChI=1S/C13H12N2O3/c16-12-8-2-4-11(5-8)15(12)7-10-3-1-9(6-14-10)13(17)18/h1-4,6,8,11H,5,7H2,(H,17,18). The smallest absolute Gasteiger partial charge is 0.337 e. The topological polar surface area (TPSA) is 70.5 Å². The minimum absolute atomic E-state index is 0.0355. The summed E-state index contributed by atoms with van der Waals surface area (Å²) in [6.45, 7) is 0.449. The highest BCUT2D eigenvalue weighted by Crippen LogP contribution is 2.33. The lowest BCUT2D eigenvalue weighted by atomic mass is 10.1. The average Bonchev–Trinajstić information content (AvgIpc) is 2.94. The van der Waals surface area contributed by atoms with E-state index in [1.807, 2.05) is 6.08 Å². The molecule has 92 valence electrons. The lowest BCUT2D eigenvalue weighted by molar-refractivity contribution is -0.131. The van der Waals surface area contributed by atoms with Gasteiger partial charge in [0.25, 0.3) is 0 Å². The van der Waals surface area contributed by atoms with E-state index in [1.54, 1.807) is 11.0 Å². The van der Waals surface area contributed by atoms with Crippen molar-refractivity contribution in [2.75, 3.05) is 0 Å². The molecule has 2 heterocycles. The third kappa shape index (κ3) is 1.68. The molecule has 2 aliphatic rings. The van der Waals surface area contributed by atoms with E-state index in [0.717, 1.165) is 6.42 Å². The first kappa shape index (κ1) is 11.0. The summed E-state index contributed by atoms with van der Waals surface area (Å²) >= 11 is 0. The summed E-state index contributed by atoms with van der Waals surface area (Å²) in [5.74, 6) is -0.812. The van der Waals surface area contributed by atoms with Crippen LogP contribution in [0.2, 0.25) is 0 Å². The van der Waals surface area contributed by atoms with Crippen molar-refractivity contribution >= 4 is 11.9 Å². The van der Waals surface area contributed by atoms with Gasteiger partial charge in [-0.25, -0.2) is 4.79 Å². The fourth-order valence-electron chi connectivity index (χ4n) is 2.48. The van der Waals surface area contributed by atoms with Crippen LogP contribution >= 0.6 is 0 Å². The molecule has 0 saturated carbocycles. The number of amides is 1. The molecule has 1 aromatic heterocycles. The second kappa shape index (κ2) is 3.94. The molecule has 2 atom stereocenters. The van der Waals surface area contributed by atoms with E-state index < -0.39 is 5.97 Å². The Hall–Kier alpha value is -2.17. The van der Waals surface area contributed by atoms with Crippen molar-refractivity contribution in [3.05, 3.63) is 41.7 Å². The first-order chi connectivity index (χ1) is 8.65. The Morgan fingerprint density at radius 3 is 2.83 bits per heavy atom. The summed E-state index contributed by atoms with van der Waals surface area (Å²) in [7, 11) is 0. The number of hydrogen-bond donors (Lipinski definition) is 1. The molecule has 1 N–H and O–H groups in total. The molecule has 2 unspecified atom stereocenters. The maximum atomic E-state index is 11.9. The molecule has 0 aromatic carbocycles. The van der Waals surface area contributed by atoms with E-state index in [-0.39, 0.29) is 23.4 Å². The SMILES string of the molecule is O=C(O)c1ccc(CN2C(=O)C3C=CC2C3)nc1. The Kier molecular flexibility index (Phi) is 2.40. The van der Waals surface area contributed by atoms with Gasteiger partial charge in [0.15, 0.2) is 0 Å². The monoisotopic (exact) mass is 244 g/mol. The van der Waals surface area contributed by atoms with Gasteiger partial charge in [-0.2, -0.15) is 0 Å². The maximum absolute atomic E-state index is 11.9. The van der Waals surface area contributed by atoms with Gasteiger partial charge in [-0.1, -0.05) is 12.2 Å². The fourth-order valence-corrected chi connectivity index (χ4v) is 2.48. The minimum atomic E-state index is -0.992. The van der Waals surface area contributed by atoms with Gasteiger partial charge < -0.3 is 10.0 Å². The number of carbonyl (C=O) groups excluding carboxylic acids is 1. The van der Waals surface area contributed by atoms with E-state index >= 15 is 0 Å². The molecule has 1 aliphatic heterocycles. The highest BCUT2D eigenvalue weighted by atomic mass is 16.4. The molecule has 1 aliphatic carbocycles. The lowest BCUT2D eigenvalue weighted by Gasteiger charge is -2.23. The zero-order valence-electron chi connectivity index (χ0n) is 9.61.